The number of aromatic amines is 1. The minimum atomic E-state index is -0.160. The lowest BCUT2D eigenvalue weighted by molar-refractivity contribution is 0.104. The van der Waals surface area contributed by atoms with Crippen LogP contribution in [0.3, 0.4) is 0 Å². The van der Waals surface area contributed by atoms with E-state index in [0.29, 0.717) is 32.2 Å². The number of nitrogen functional groups attached to an aromatic ring is 1. The average molecular weight is 319 g/mol. The van der Waals surface area contributed by atoms with Crippen molar-refractivity contribution in [1.82, 2.24) is 4.98 Å². The number of hydrogen-bond acceptors (Lipinski definition) is 2. The number of carbonyl (C=O) groups excluding carboxylic acids is 1. The minimum absolute atomic E-state index is 0.160. The average Bonchev–Trinajstić information content (AvgIpc) is 2.85. The molecule has 3 aromatic rings. The molecule has 2 aromatic carbocycles. The Hall–Kier alpha value is -1.97. The number of H-pyrrole nitrogens is 1. The van der Waals surface area contributed by atoms with Crippen molar-refractivity contribution in [1.29, 1.82) is 0 Å². The van der Waals surface area contributed by atoms with Crippen LogP contribution in [0, 0.1) is 6.92 Å². The number of rotatable bonds is 2. The first-order chi connectivity index (χ1) is 9.99. The third-order valence-corrected chi connectivity index (χ3v) is 4.03. The van der Waals surface area contributed by atoms with Crippen molar-refractivity contribution >= 4 is 45.6 Å². The number of carbonyl (C=O) groups is 1. The molecular formula is C16H12Cl2N2O. The molecule has 0 unspecified atom stereocenters. The van der Waals surface area contributed by atoms with Crippen molar-refractivity contribution in [2.24, 2.45) is 0 Å². The molecule has 0 aliphatic rings. The van der Waals surface area contributed by atoms with Gasteiger partial charge in [-0.2, -0.15) is 0 Å². The molecule has 0 amide bonds. The molecule has 5 heteroatoms. The molecule has 1 aromatic heterocycles. The van der Waals surface area contributed by atoms with Gasteiger partial charge in [0, 0.05) is 38.9 Å². The molecule has 0 fully saturated rings. The van der Waals surface area contributed by atoms with E-state index in [1.165, 1.54) is 0 Å². The van der Waals surface area contributed by atoms with Gasteiger partial charge in [-0.15, -0.1) is 0 Å². The second-order valence-corrected chi connectivity index (χ2v) is 5.72. The molecule has 106 valence electrons. The molecule has 21 heavy (non-hydrogen) atoms. The smallest absolute Gasteiger partial charge is 0.197 e. The van der Waals surface area contributed by atoms with E-state index in [0.717, 1.165) is 11.1 Å². The predicted octanol–water partition coefficient (Wildman–Crippen LogP) is 4.60. The van der Waals surface area contributed by atoms with Crippen molar-refractivity contribution in [3.05, 3.63) is 63.3 Å². The number of fused-ring (bicyclic) bond motifs is 1. The van der Waals surface area contributed by atoms with Gasteiger partial charge >= 0.3 is 0 Å². The number of aromatic nitrogens is 1. The Morgan fingerprint density at radius 2 is 1.95 bits per heavy atom. The molecule has 0 aliphatic heterocycles. The number of benzene rings is 2. The molecule has 3 rings (SSSR count). The lowest BCUT2D eigenvalue weighted by atomic mass is 9.99. The van der Waals surface area contributed by atoms with E-state index in [1.807, 2.05) is 19.1 Å². The van der Waals surface area contributed by atoms with Crippen LogP contribution in [0.5, 0.6) is 0 Å². The number of halogens is 2. The van der Waals surface area contributed by atoms with E-state index in [4.69, 9.17) is 28.9 Å². The highest BCUT2D eigenvalue weighted by molar-refractivity contribution is 6.40. The van der Waals surface area contributed by atoms with Gasteiger partial charge in [-0.1, -0.05) is 35.3 Å². The highest BCUT2D eigenvalue weighted by Gasteiger charge is 2.19. The molecule has 1 heterocycles. The van der Waals surface area contributed by atoms with Gasteiger partial charge in [0.2, 0.25) is 0 Å². The number of aryl methyl sites for hydroxylation is 1. The van der Waals surface area contributed by atoms with Gasteiger partial charge in [-0.3, -0.25) is 4.79 Å². The highest BCUT2D eigenvalue weighted by atomic mass is 35.5. The standard InChI is InChI=1S/C16H12Cl2N2O/c1-8-3-2-4-10(15(8)19)16(21)11-7-20-13-6-9(17)5-12(18)14(11)13/h2-7,20H,19H2,1H3. The molecule has 0 atom stereocenters. The summed E-state index contributed by atoms with van der Waals surface area (Å²) in [5.74, 6) is -0.160. The second kappa shape index (κ2) is 5.10. The van der Waals surface area contributed by atoms with Crippen molar-refractivity contribution in [3.8, 4) is 0 Å². The predicted molar refractivity (Wildman–Crippen MR) is 87.3 cm³/mol. The fraction of sp³-hybridized carbons (Fsp3) is 0.0625. The third-order valence-electron chi connectivity index (χ3n) is 3.51. The molecule has 0 aliphatic carbocycles. The first kappa shape index (κ1) is 14.0. The van der Waals surface area contributed by atoms with E-state index in [9.17, 15) is 4.79 Å². The Labute approximate surface area is 131 Å². The summed E-state index contributed by atoms with van der Waals surface area (Å²) in [7, 11) is 0. The van der Waals surface area contributed by atoms with Crippen LogP contribution < -0.4 is 5.73 Å². The van der Waals surface area contributed by atoms with Gasteiger partial charge < -0.3 is 10.7 Å². The molecule has 0 bridgehead atoms. The SMILES string of the molecule is Cc1cccc(C(=O)c2c[nH]c3cc(Cl)cc(Cl)c23)c1N. The Bertz CT molecular complexity index is 868. The van der Waals surface area contributed by atoms with Crippen LogP contribution in [0.1, 0.15) is 21.5 Å². The third kappa shape index (κ3) is 2.28. The zero-order valence-electron chi connectivity index (χ0n) is 11.2. The topological polar surface area (TPSA) is 58.9 Å². The summed E-state index contributed by atoms with van der Waals surface area (Å²) < 4.78 is 0. The lowest BCUT2D eigenvalue weighted by Gasteiger charge is -2.07. The molecule has 0 radical (unpaired) electrons. The van der Waals surface area contributed by atoms with Crippen LogP contribution >= 0.6 is 23.2 Å². The van der Waals surface area contributed by atoms with Crippen molar-refractivity contribution < 1.29 is 4.79 Å². The maximum atomic E-state index is 12.7. The number of nitrogens with two attached hydrogens (primary N) is 1. The number of para-hydroxylation sites is 1. The van der Waals surface area contributed by atoms with Gasteiger partial charge in [-0.25, -0.2) is 0 Å². The molecule has 0 saturated carbocycles. The molecular weight excluding hydrogens is 307 g/mol. The van der Waals surface area contributed by atoms with Gasteiger partial charge in [0.25, 0.3) is 0 Å². The minimum Gasteiger partial charge on any atom is -0.398 e. The number of nitrogens with one attached hydrogen (secondary N) is 1. The van der Waals surface area contributed by atoms with Crippen LogP contribution in [-0.2, 0) is 0 Å². The number of ketones is 1. The normalized spacial score (nSPS) is 11.0. The van der Waals surface area contributed by atoms with Crippen LogP contribution in [0.15, 0.2) is 36.5 Å². The van der Waals surface area contributed by atoms with Gasteiger partial charge in [0.15, 0.2) is 5.78 Å². The zero-order valence-corrected chi connectivity index (χ0v) is 12.7. The van der Waals surface area contributed by atoms with E-state index in [-0.39, 0.29) is 5.78 Å². The summed E-state index contributed by atoms with van der Waals surface area (Å²) in [5, 5.41) is 1.61. The number of hydrogen-bond donors (Lipinski definition) is 2. The van der Waals surface area contributed by atoms with Crippen molar-refractivity contribution in [2.75, 3.05) is 5.73 Å². The molecule has 0 spiro atoms. The number of anilines is 1. The quantitative estimate of drug-likeness (QED) is 0.536. The zero-order chi connectivity index (χ0) is 15.1. The van der Waals surface area contributed by atoms with Crippen LogP contribution in [0.4, 0.5) is 5.69 Å². The van der Waals surface area contributed by atoms with Crippen LogP contribution in [0.2, 0.25) is 10.0 Å². The largest absolute Gasteiger partial charge is 0.398 e. The van der Waals surface area contributed by atoms with Crippen LogP contribution in [-0.4, -0.2) is 10.8 Å². The first-order valence-electron chi connectivity index (χ1n) is 6.35. The summed E-state index contributed by atoms with van der Waals surface area (Å²) in [6.45, 7) is 1.87. The maximum Gasteiger partial charge on any atom is 0.197 e. The Morgan fingerprint density at radius 3 is 2.71 bits per heavy atom. The summed E-state index contributed by atoms with van der Waals surface area (Å²) in [4.78, 5) is 15.8. The molecule has 3 nitrogen and oxygen atoms in total. The van der Waals surface area contributed by atoms with E-state index in [1.54, 1.807) is 24.4 Å². The van der Waals surface area contributed by atoms with Crippen molar-refractivity contribution in [2.45, 2.75) is 6.92 Å². The Morgan fingerprint density at radius 1 is 1.19 bits per heavy atom. The first-order valence-corrected chi connectivity index (χ1v) is 7.10. The summed E-state index contributed by atoms with van der Waals surface area (Å²) in [5.41, 5.74) is 9.06. The lowest BCUT2D eigenvalue weighted by Crippen LogP contribution is -2.06. The van der Waals surface area contributed by atoms with Gasteiger partial charge in [0.1, 0.15) is 0 Å². The van der Waals surface area contributed by atoms with Gasteiger partial charge in [0.05, 0.1) is 5.02 Å². The second-order valence-electron chi connectivity index (χ2n) is 4.88. The van der Waals surface area contributed by atoms with E-state index >= 15 is 0 Å². The summed E-state index contributed by atoms with van der Waals surface area (Å²) in [6.07, 6.45) is 1.64. The monoisotopic (exact) mass is 318 g/mol. The molecule has 3 N–H and O–H groups in total. The van der Waals surface area contributed by atoms with Gasteiger partial charge in [-0.05, 0) is 30.7 Å². The Kier molecular flexibility index (Phi) is 3.40. The maximum absolute atomic E-state index is 12.7. The van der Waals surface area contributed by atoms with E-state index < -0.39 is 0 Å². The summed E-state index contributed by atoms with van der Waals surface area (Å²) >= 11 is 12.2. The molecule has 0 saturated heterocycles. The fourth-order valence-electron chi connectivity index (χ4n) is 2.39. The van der Waals surface area contributed by atoms with Crippen molar-refractivity contribution in [3.63, 3.8) is 0 Å². The van der Waals surface area contributed by atoms with Crippen LogP contribution in [0.25, 0.3) is 10.9 Å². The van der Waals surface area contributed by atoms with E-state index in [2.05, 4.69) is 4.98 Å². The highest BCUT2D eigenvalue weighted by Crippen LogP contribution is 2.32. The summed E-state index contributed by atoms with van der Waals surface area (Å²) in [6, 6.07) is 8.75. The Balaban J connectivity index is 2.21. The fourth-order valence-corrected chi connectivity index (χ4v) is 2.98.